The number of aliphatic hydroxyl groups excluding tert-OH is 1. The van der Waals surface area contributed by atoms with E-state index in [4.69, 9.17) is 9.47 Å². The molecule has 1 N–H and O–H groups in total. The molecule has 8 heteroatoms. The summed E-state index contributed by atoms with van der Waals surface area (Å²) in [6.07, 6.45) is 1.19. The van der Waals surface area contributed by atoms with E-state index in [0.29, 0.717) is 18.7 Å². The number of nitrogens with zero attached hydrogens (tertiary/aromatic N) is 3. The van der Waals surface area contributed by atoms with Gasteiger partial charge in [-0.25, -0.2) is 4.98 Å². The van der Waals surface area contributed by atoms with Gasteiger partial charge in [0.05, 0.1) is 26.3 Å². The van der Waals surface area contributed by atoms with E-state index >= 15 is 0 Å². The molecule has 34 heavy (non-hydrogen) atoms. The third-order valence-electron chi connectivity index (χ3n) is 5.95. The lowest BCUT2D eigenvalue weighted by atomic mass is 10.00. The maximum Gasteiger partial charge on any atom is 0.259 e. The summed E-state index contributed by atoms with van der Waals surface area (Å²) < 4.78 is 11.3. The van der Waals surface area contributed by atoms with Gasteiger partial charge in [0.25, 0.3) is 5.91 Å². The van der Waals surface area contributed by atoms with Crippen molar-refractivity contribution in [2.75, 3.05) is 33.9 Å². The summed E-state index contributed by atoms with van der Waals surface area (Å²) in [5.74, 6) is 6.61. The molecular formula is C26H31N3O5. The highest BCUT2D eigenvalue weighted by Gasteiger charge is 2.34. The van der Waals surface area contributed by atoms with Crippen molar-refractivity contribution in [3.63, 3.8) is 0 Å². The molecule has 0 fully saturated rings. The molecule has 2 aromatic rings. The molecule has 0 saturated carbocycles. The van der Waals surface area contributed by atoms with Gasteiger partial charge in [-0.05, 0) is 37.3 Å². The van der Waals surface area contributed by atoms with E-state index in [0.717, 1.165) is 11.3 Å². The summed E-state index contributed by atoms with van der Waals surface area (Å²) in [5.41, 5.74) is 1.64. The fourth-order valence-corrected chi connectivity index (χ4v) is 3.61. The summed E-state index contributed by atoms with van der Waals surface area (Å²) in [6.45, 7) is 5.81. The summed E-state index contributed by atoms with van der Waals surface area (Å²) in [5, 5.41) is 9.76. The Morgan fingerprint density at radius 3 is 2.62 bits per heavy atom. The van der Waals surface area contributed by atoms with Crippen molar-refractivity contribution in [1.29, 1.82) is 0 Å². The Morgan fingerprint density at radius 2 is 2.00 bits per heavy atom. The molecule has 0 spiro atoms. The minimum absolute atomic E-state index is 0.0770. The molecule has 0 unspecified atom stereocenters. The van der Waals surface area contributed by atoms with Gasteiger partial charge in [-0.3, -0.25) is 9.59 Å². The lowest BCUT2D eigenvalue weighted by molar-refractivity contribution is -0.129. The van der Waals surface area contributed by atoms with E-state index in [-0.39, 0.29) is 47.9 Å². The number of carbonyl (C=O) groups excluding carboxylic acids is 2. The van der Waals surface area contributed by atoms with Crippen molar-refractivity contribution < 1.29 is 24.2 Å². The van der Waals surface area contributed by atoms with Gasteiger partial charge in [0.1, 0.15) is 17.4 Å². The molecule has 3 atom stereocenters. The maximum absolute atomic E-state index is 13.4. The van der Waals surface area contributed by atoms with Crippen LogP contribution in [0.15, 0.2) is 36.5 Å². The predicted octanol–water partition coefficient (Wildman–Crippen LogP) is 2.19. The first-order chi connectivity index (χ1) is 16.2. The van der Waals surface area contributed by atoms with Crippen molar-refractivity contribution in [1.82, 2.24) is 14.8 Å². The summed E-state index contributed by atoms with van der Waals surface area (Å²) >= 11 is 0. The molecule has 1 aromatic heterocycles. The molecule has 0 aliphatic carbocycles. The summed E-state index contributed by atoms with van der Waals surface area (Å²) in [6, 6.07) is 8.63. The fourth-order valence-electron chi connectivity index (χ4n) is 3.61. The van der Waals surface area contributed by atoms with Crippen LogP contribution in [0.2, 0.25) is 0 Å². The molecule has 8 nitrogen and oxygen atoms in total. The van der Waals surface area contributed by atoms with E-state index in [9.17, 15) is 14.7 Å². The molecule has 3 rings (SSSR count). The van der Waals surface area contributed by atoms with Crippen LogP contribution in [-0.4, -0.2) is 77.7 Å². The highest BCUT2D eigenvalue weighted by Crippen LogP contribution is 2.27. The zero-order valence-electron chi connectivity index (χ0n) is 20.2. The zero-order valence-corrected chi connectivity index (χ0v) is 20.2. The number of hydrogen-bond acceptors (Lipinski definition) is 6. The van der Waals surface area contributed by atoms with Gasteiger partial charge in [0.2, 0.25) is 11.8 Å². The van der Waals surface area contributed by atoms with Crippen LogP contribution in [0.5, 0.6) is 11.6 Å². The average Bonchev–Trinajstić information content (AvgIpc) is 2.84. The highest BCUT2D eigenvalue weighted by atomic mass is 16.5. The summed E-state index contributed by atoms with van der Waals surface area (Å²) in [7, 11) is 3.32. The minimum atomic E-state index is -0.388. The number of ether oxygens (including phenoxy) is 2. The van der Waals surface area contributed by atoms with E-state index in [1.165, 1.54) is 6.92 Å². The molecule has 1 aromatic carbocycles. The van der Waals surface area contributed by atoms with Crippen molar-refractivity contribution in [3.05, 3.63) is 53.2 Å². The molecule has 180 valence electrons. The number of carbonyl (C=O) groups is 2. The smallest absolute Gasteiger partial charge is 0.259 e. The number of rotatable bonds is 5. The first-order valence-electron chi connectivity index (χ1n) is 11.2. The predicted molar refractivity (Wildman–Crippen MR) is 128 cm³/mol. The number of methoxy groups -OCH3 is 1. The number of amides is 2. The lowest BCUT2D eigenvalue weighted by Crippen LogP contribution is -2.50. The normalized spacial score (nSPS) is 18.4. The number of fused-ring (bicyclic) bond motifs is 1. The standard InChI is InChI=1S/C26H31N3O5/c1-17-14-29(18(2)16-30)26(32)23-12-21(7-6-20-8-10-22(33-5)11-9-20)13-27-25(23)34-24(17)15-28(4)19(3)31/h8-13,17-18,24,30H,14-16H2,1-5H3/t17-,18-,24+/m1/s1. The Labute approximate surface area is 200 Å². The third-order valence-corrected chi connectivity index (χ3v) is 5.95. The van der Waals surface area contributed by atoms with E-state index in [1.807, 2.05) is 31.2 Å². The van der Waals surface area contributed by atoms with Gasteiger partial charge in [0, 0.05) is 43.8 Å². The molecular weight excluding hydrogens is 434 g/mol. The fraction of sp³-hybridized carbons (Fsp3) is 0.423. The van der Waals surface area contributed by atoms with Gasteiger partial charge < -0.3 is 24.4 Å². The van der Waals surface area contributed by atoms with Crippen LogP contribution in [0, 0.1) is 17.8 Å². The number of aliphatic hydroxyl groups is 1. The second kappa shape index (κ2) is 11.0. The second-order valence-corrected chi connectivity index (χ2v) is 8.58. The van der Waals surface area contributed by atoms with Crippen LogP contribution < -0.4 is 9.47 Å². The zero-order chi connectivity index (χ0) is 24.8. The Balaban J connectivity index is 1.98. The van der Waals surface area contributed by atoms with E-state index in [1.54, 1.807) is 43.1 Å². The van der Waals surface area contributed by atoms with Gasteiger partial charge in [-0.15, -0.1) is 0 Å². The molecule has 1 aliphatic rings. The number of pyridine rings is 1. The monoisotopic (exact) mass is 465 g/mol. The Morgan fingerprint density at radius 1 is 1.32 bits per heavy atom. The SMILES string of the molecule is COc1ccc(C#Cc2cnc3c(c2)C(=O)N([C@H](C)CO)C[C@@H](C)[C@H](CN(C)C(C)=O)O3)cc1. The first-order valence-corrected chi connectivity index (χ1v) is 11.2. The van der Waals surface area contributed by atoms with Crippen LogP contribution in [0.1, 0.15) is 42.3 Å². The molecule has 2 heterocycles. The van der Waals surface area contributed by atoms with Crippen LogP contribution in [-0.2, 0) is 4.79 Å². The van der Waals surface area contributed by atoms with Crippen molar-refractivity contribution >= 4 is 11.8 Å². The molecule has 2 amide bonds. The molecule has 0 radical (unpaired) electrons. The topological polar surface area (TPSA) is 92.2 Å². The van der Waals surface area contributed by atoms with Gasteiger partial charge in [-0.1, -0.05) is 18.8 Å². The van der Waals surface area contributed by atoms with Crippen molar-refractivity contribution in [3.8, 4) is 23.5 Å². The number of hydrogen-bond donors (Lipinski definition) is 1. The Kier molecular flexibility index (Phi) is 8.13. The summed E-state index contributed by atoms with van der Waals surface area (Å²) in [4.78, 5) is 32.9. The number of benzene rings is 1. The third kappa shape index (κ3) is 5.86. The Hall–Kier alpha value is -3.57. The minimum Gasteiger partial charge on any atom is -0.497 e. The quantitative estimate of drug-likeness (QED) is 0.681. The van der Waals surface area contributed by atoms with Crippen LogP contribution in [0.3, 0.4) is 0 Å². The largest absolute Gasteiger partial charge is 0.497 e. The van der Waals surface area contributed by atoms with Crippen LogP contribution in [0.4, 0.5) is 0 Å². The van der Waals surface area contributed by atoms with Crippen LogP contribution in [0.25, 0.3) is 0 Å². The second-order valence-electron chi connectivity index (χ2n) is 8.58. The van der Waals surface area contributed by atoms with E-state index in [2.05, 4.69) is 16.8 Å². The van der Waals surface area contributed by atoms with Crippen LogP contribution >= 0.6 is 0 Å². The molecule has 0 saturated heterocycles. The first kappa shape index (κ1) is 25.1. The lowest BCUT2D eigenvalue weighted by Gasteiger charge is -2.37. The Bertz CT molecular complexity index is 1090. The van der Waals surface area contributed by atoms with Crippen molar-refractivity contribution in [2.24, 2.45) is 5.92 Å². The molecule has 1 aliphatic heterocycles. The maximum atomic E-state index is 13.4. The number of likely N-dealkylation sites (N-methyl/N-ethyl adjacent to an activating group) is 1. The van der Waals surface area contributed by atoms with Gasteiger partial charge >= 0.3 is 0 Å². The van der Waals surface area contributed by atoms with Crippen molar-refractivity contribution in [2.45, 2.75) is 32.9 Å². The average molecular weight is 466 g/mol. The highest BCUT2D eigenvalue weighted by molar-refractivity contribution is 5.97. The number of aromatic nitrogens is 1. The van der Waals surface area contributed by atoms with E-state index < -0.39 is 0 Å². The van der Waals surface area contributed by atoms with Gasteiger partial charge in [-0.2, -0.15) is 0 Å². The molecule has 0 bridgehead atoms. The van der Waals surface area contributed by atoms with Gasteiger partial charge in [0.15, 0.2) is 0 Å².